The largest absolute Gasteiger partial charge is 0.493 e. The van der Waals surface area contributed by atoms with E-state index in [9.17, 15) is 14.4 Å². The molecule has 0 aliphatic carbocycles. The van der Waals surface area contributed by atoms with Gasteiger partial charge in [-0.3, -0.25) is 14.3 Å². The number of aryl methyl sites for hydroxylation is 1. The Balaban J connectivity index is 1.63. The predicted molar refractivity (Wildman–Crippen MR) is 137 cm³/mol. The Morgan fingerprint density at radius 3 is 2.25 bits per heavy atom. The maximum Gasteiger partial charge on any atom is 0.342 e. The SMILES string of the molecule is CCOc1ccccc1C(=O)OCC(=O)c1cc(C)n(-c2c(C)n(C)n(-c3ccccc3)c2=O)c1C. The molecule has 0 unspecified atom stereocenters. The second kappa shape index (κ2) is 10.1. The van der Waals surface area contributed by atoms with Crippen molar-refractivity contribution < 1.29 is 19.1 Å². The van der Waals surface area contributed by atoms with Gasteiger partial charge < -0.3 is 14.0 Å². The summed E-state index contributed by atoms with van der Waals surface area (Å²) in [6.07, 6.45) is 0. The highest BCUT2D eigenvalue weighted by Crippen LogP contribution is 2.24. The molecular formula is C28H29N3O5. The summed E-state index contributed by atoms with van der Waals surface area (Å²) >= 11 is 0. The van der Waals surface area contributed by atoms with Crippen molar-refractivity contribution >= 4 is 11.8 Å². The van der Waals surface area contributed by atoms with Crippen molar-refractivity contribution in [2.45, 2.75) is 27.7 Å². The summed E-state index contributed by atoms with van der Waals surface area (Å²) < 4.78 is 16.0. The number of esters is 1. The highest BCUT2D eigenvalue weighted by molar-refractivity contribution is 6.01. The van der Waals surface area contributed by atoms with Crippen LogP contribution in [0.3, 0.4) is 0 Å². The average molecular weight is 488 g/mol. The van der Waals surface area contributed by atoms with Crippen molar-refractivity contribution in [2.24, 2.45) is 7.05 Å². The lowest BCUT2D eigenvalue weighted by Crippen LogP contribution is -2.22. The molecule has 0 bridgehead atoms. The number of hydrogen-bond acceptors (Lipinski definition) is 5. The molecule has 8 heteroatoms. The van der Waals surface area contributed by atoms with E-state index in [1.807, 2.05) is 58.2 Å². The van der Waals surface area contributed by atoms with Gasteiger partial charge in [-0.1, -0.05) is 30.3 Å². The minimum atomic E-state index is -0.633. The number of ether oxygens (including phenoxy) is 2. The van der Waals surface area contributed by atoms with E-state index in [1.54, 1.807) is 51.2 Å². The maximum absolute atomic E-state index is 13.5. The minimum Gasteiger partial charge on any atom is -0.493 e. The number of nitrogens with zero attached hydrogens (tertiary/aromatic N) is 3. The van der Waals surface area contributed by atoms with E-state index in [2.05, 4.69) is 0 Å². The lowest BCUT2D eigenvalue weighted by atomic mass is 10.1. The van der Waals surface area contributed by atoms with Gasteiger partial charge in [-0.25, -0.2) is 9.48 Å². The molecule has 2 aromatic carbocycles. The Hall–Kier alpha value is -4.33. The van der Waals surface area contributed by atoms with Gasteiger partial charge in [0.2, 0.25) is 5.78 Å². The average Bonchev–Trinajstić information content (AvgIpc) is 3.28. The second-order valence-corrected chi connectivity index (χ2v) is 8.46. The second-order valence-electron chi connectivity index (χ2n) is 8.46. The molecule has 0 aliphatic rings. The highest BCUT2D eigenvalue weighted by atomic mass is 16.5. The Bertz CT molecular complexity index is 1490. The number of carbonyl (C=O) groups is 2. The van der Waals surface area contributed by atoms with E-state index in [0.717, 1.165) is 17.1 Å². The van der Waals surface area contributed by atoms with Crippen LogP contribution in [-0.2, 0) is 11.8 Å². The molecule has 0 aliphatic heterocycles. The van der Waals surface area contributed by atoms with Gasteiger partial charge >= 0.3 is 5.97 Å². The van der Waals surface area contributed by atoms with Gasteiger partial charge in [0.1, 0.15) is 17.0 Å². The summed E-state index contributed by atoms with van der Waals surface area (Å²) in [5, 5.41) is 0. The molecular weight excluding hydrogens is 458 g/mol. The van der Waals surface area contributed by atoms with Crippen LogP contribution in [0.25, 0.3) is 11.4 Å². The van der Waals surface area contributed by atoms with E-state index in [-0.39, 0.29) is 16.9 Å². The standard InChI is InChI=1S/C28H29N3O5/c1-6-35-25-15-11-10-14-22(25)28(34)36-17-24(32)23-16-18(2)30(19(23)3)26-20(4)29(5)31(27(26)33)21-12-8-7-9-13-21/h7-16H,6,17H2,1-5H3. The molecule has 0 saturated carbocycles. The minimum absolute atomic E-state index is 0.194. The molecule has 0 N–H and O–H groups in total. The van der Waals surface area contributed by atoms with Crippen LogP contribution in [0.5, 0.6) is 5.75 Å². The van der Waals surface area contributed by atoms with Crippen LogP contribution >= 0.6 is 0 Å². The Morgan fingerprint density at radius 2 is 1.56 bits per heavy atom. The van der Waals surface area contributed by atoms with Gasteiger partial charge in [0, 0.05) is 24.0 Å². The molecule has 2 heterocycles. The first kappa shape index (κ1) is 24.8. The summed E-state index contributed by atoms with van der Waals surface area (Å²) in [6.45, 7) is 7.29. The van der Waals surface area contributed by atoms with Crippen LogP contribution in [0.2, 0.25) is 0 Å². The molecule has 0 saturated heterocycles. The summed E-state index contributed by atoms with van der Waals surface area (Å²) in [4.78, 5) is 39.2. The number of hydrogen-bond donors (Lipinski definition) is 0. The first-order valence-corrected chi connectivity index (χ1v) is 11.7. The lowest BCUT2D eigenvalue weighted by molar-refractivity contribution is 0.0470. The Labute approximate surface area is 209 Å². The Kier molecular flexibility index (Phi) is 6.96. The van der Waals surface area contributed by atoms with Crippen molar-refractivity contribution in [3.8, 4) is 17.1 Å². The molecule has 0 atom stereocenters. The third-order valence-electron chi connectivity index (χ3n) is 6.22. The number of Topliss-reactive ketones (excluding diaryl/α,β-unsaturated/α-hetero) is 1. The normalized spacial score (nSPS) is 10.9. The fourth-order valence-electron chi connectivity index (χ4n) is 4.40. The van der Waals surface area contributed by atoms with Crippen molar-refractivity contribution in [2.75, 3.05) is 13.2 Å². The fourth-order valence-corrected chi connectivity index (χ4v) is 4.40. The van der Waals surface area contributed by atoms with Crippen molar-refractivity contribution in [3.05, 3.63) is 99.2 Å². The lowest BCUT2D eigenvalue weighted by Gasteiger charge is -2.10. The first-order chi connectivity index (χ1) is 17.3. The third kappa shape index (κ3) is 4.37. The number of benzene rings is 2. The number of aromatic nitrogens is 3. The van der Waals surface area contributed by atoms with Crippen LogP contribution in [0, 0.1) is 20.8 Å². The molecule has 2 aromatic heterocycles. The van der Waals surface area contributed by atoms with Gasteiger partial charge in [-0.2, -0.15) is 0 Å². The molecule has 0 spiro atoms. The molecule has 8 nitrogen and oxygen atoms in total. The number of rotatable bonds is 8. The topological polar surface area (TPSA) is 84.5 Å². The number of ketones is 1. The fraction of sp³-hybridized carbons (Fsp3) is 0.250. The van der Waals surface area contributed by atoms with Crippen molar-refractivity contribution in [3.63, 3.8) is 0 Å². The molecule has 4 rings (SSSR count). The summed E-state index contributed by atoms with van der Waals surface area (Å²) in [5.74, 6) is -0.579. The first-order valence-electron chi connectivity index (χ1n) is 11.7. The van der Waals surface area contributed by atoms with E-state index in [4.69, 9.17) is 9.47 Å². The van der Waals surface area contributed by atoms with E-state index in [1.165, 1.54) is 0 Å². The molecule has 0 amide bonds. The molecule has 0 radical (unpaired) electrons. The summed E-state index contributed by atoms with van der Waals surface area (Å²) in [7, 11) is 1.83. The molecule has 4 aromatic rings. The van der Waals surface area contributed by atoms with Crippen LogP contribution in [0.1, 0.15) is 44.7 Å². The predicted octanol–water partition coefficient (Wildman–Crippen LogP) is 4.33. The van der Waals surface area contributed by atoms with Gasteiger partial charge in [0.25, 0.3) is 5.56 Å². The third-order valence-corrected chi connectivity index (χ3v) is 6.22. The van der Waals surface area contributed by atoms with E-state index in [0.29, 0.717) is 29.3 Å². The van der Waals surface area contributed by atoms with E-state index < -0.39 is 12.6 Å². The molecule has 36 heavy (non-hydrogen) atoms. The van der Waals surface area contributed by atoms with Crippen molar-refractivity contribution in [1.29, 1.82) is 0 Å². The van der Waals surface area contributed by atoms with Crippen LogP contribution in [0.4, 0.5) is 0 Å². The summed E-state index contributed by atoms with van der Waals surface area (Å²) in [5.41, 5.74) is 3.77. The molecule has 0 fully saturated rings. The van der Waals surface area contributed by atoms with Gasteiger partial charge in [-0.15, -0.1) is 0 Å². The Morgan fingerprint density at radius 1 is 0.889 bits per heavy atom. The zero-order valence-corrected chi connectivity index (χ0v) is 21.1. The summed E-state index contributed by atoms with van der Waals surface area (Å²) in [6, 6.07) is 17.9. The highest BCUT2D eigenvalue weighted by Gasteiger charge is 2.24. The quantitative estimate of drug-likeness (QED) is 0.273. The van der Waals surface area contributed by atoms with Gasteiger partial charge in [0.05, 0.1) is 18.0 Å². The number of para-hydroxylation sites is 2. The van der Waals surface area contributed by atoms with Crippen molar-refractivity contribution in [1.82, 2.24) is 13.9 Å². The zero-order chi connectivity index (χ0) is 26.0. The maximum atomic E-state index is 13.5. The monoisotopic (exact) mass is 487 g/mol. The smallest absolute Gasteiger partial charge is 0.342 e. The van der Waals surface area contributed by atoms with Gasteiger partial charge in [-0.05, 0) is 58.0 Å². The van der Waals surface area contributed by atoms with Crippen LogP contribution in [-0.4, -0.2) is 38.9 Å². The number of carbonyl (C=O) groups excluding carboxylic acids is 2. The van der Waals surface area contributed by atoms with Crippen LogP contribution < -0.4 is 10.3 Å². The zero-order valence-electron chi connectivity index (χ0n) is 21.1. The molecule has 186 valence electrons. The van der Waals surface area contributed by atoms with E-state index >= 15 is 0 Å². The van der Waals surface area contributed by atoms with Crippen LogP contribution in [0.15, 0.2) is 65.5 Å². The van der Waals surface area contributed by atoms with Gasteiger partial charge in [0.15, 0.2) is 6.61 Å².